The number of rotatable bonds is 6. The first-order valence-corrected chi connectivity index (χ1v) is 7.60. The van der Waals surface area contributed by atoms with Crippen molar-refractivity contribution >= 4 is 11.6 Å². The number of ether oxygens (including phenoxy) is 2. The molecule has 4 nitrogen and oxygen atoms in total. The van der Waals surface area contributed by atoms with Crippen LogP contribution < -0.4 is 14.8 Å². The van der Waals surface area contributed by atoms with E-state index in [2.05, 4.69) is 5.32 Å². The van der Waals surface area contributed by atoms with Crippen LogP contribution in [0.2, 0.25) is 0 Å². The zero-order valence-corrected chi connectivity index (χ0v) is 13.0. The van der Waals surface area contributed by atoms with Crippen LogP contribution >= 0.6 is 0 Å². The Balaban J connectivity index is 1.51. The normalized spacial score (nSPS) is 10.0. The molecule has 0 atom stereocenters. The van der Waals surface area contributed by atoms with E-state index in [4.69, 9.17) is 9.47 Å². The van der Waals surface area contributed by atoms with Crippen LogP contribution in [0.1, 0.15) is 0 Å². The lowest BCUT2D eigenvalue weighted by Crippen LogP contribution is -2.20. The molecule has 0 unspecified atom stereocenters. The van der Waals surface area contributed by atoms with E-state index in [1.165, 1.54) is 0 Å². The molecule has 0 bridgehead atoms. The second kappa shape index (κ2) is 7.83. The summed E-state index contributed by atoms with van der Waals surface area (Å²) in [6, 6.07) is 26.0. The highest BCUT2D eigenvalue weighted by molar-refractivity contribution is 5.91. The zero-order valence-electron chi connectivity index (χ0n) is 13.0. The number of hydrogen-bond donors (Lipinski definition) is 1. The molecule has 0 aliphatic heterocycles. The zero-order chi connectivity index (χ0) is 16.6. The topological polar surface area (TPSA) is 47.6 Å². The van der Waals surface area contributed by atoms with E-state index in [1.807, 2.05) is 60.7 Å². The Morgan fingerprint density at radius 1 is 0.708 bits per heavy atom. The van der Waals surface area contributed by atoms with Crippen molar-refractivity contribution in [2.24, 2.45) is 0 Å². The summed E-state index contributed by atoms with van der Waals surface area (Å²) in [5.41, 5.74) is 0.692. The molecule has 0 spiro atoms. The van der Waals surface area contributed by atoms with Crippen molar-refractivity contribution in [3.8, 4) is 17.2 Å². The van der Waals surface area contributed by atoms with E-state index in [0.29, 0.717) is 17.2 Å². The van der Waals surface area contributed by atoms with Gasteiger partial charge in [-0.05, 0) is 48.5 Å². The van der Waals surface area contributed by atoms with Crippen molar-refractivity contribution in [3.05, 3.63) is 84.9 Å². The van der Waals surface area contributed by atoms with E-state index in [9.17, 15) is 4.79 Å². The van der Waals surface area contributed by atoms with Crippen molar-refractivity contribution in [3.63, 3.8) is 0 Å². The highest BCUT2D eigenvalue weighted by Gasteiger charge is 2.04. The maximum absolute atomic E-state index is 11.9. The fourth-order valence-corrected chi connectivity index (χ4v) is 2.09. The minimum Gasteiger partial charge on any atom is -0.484 e. The highest BCUT2D eigenvalue weighted by Crippen LogP contribution is 2.22. The van der Waals surface area contributed by atoms with Gasteiger partial charge in [-0.15, -0.1) is 0 Å². The van der Waals surface area contributed by atoms with Crippen molar-refractivity contribution < 1.29 is 14.3 Å². The first kappa shape index (κ1) is 15.6. The van der Waals surface area contributed by atoms with Crippen molar-refractivity contribution in [2.45, 2.75) is 0 Å². The Kier molecular flexibility index (Phi) is 5.10. The average Bonchev–Trinajstić information content (AvgIpc) is 2.63. The smallest absolute Gasteiger partial charge is 0.262 e. The van der Waals surface area contributed by atoms with Crippen molar-refractivity contribution in [2.75, 3.05) is 11.9 Å². The van der Waals surface area contributed by atoms with Crippen LogP contribution in [0.4, 0.5) is 5.69 Å². The monoisotopic (exact) mass is 319 g/mol. The summed E-state index contributed by atoms with van der Waals surface area (Å²) < 4.78 is 11.1. The van der Waals surface area contributed by atoms with Gasteiger partial charge in [0.1, 0.15) is 17.2 Å². The summed E-state index contributed by atoms with van der Waals surface area (Å²) >= 11 is 0. The lowest BCUT2D eigenvalue weighted by molar-refractivity contribution is -0.118. The van der Waals surface area contributed by atoms with Gasteiger partial charge in [0, 0.05) is 5.69 Å². The van der Waals surface area contributed by atoms with E-state index < -0.39 is 0 Å². The Labute approximate surface area is 140 Å². The van der Waals surface area contributed by atoms with Gasteiger partial charge < -0.3 is 14.8 Å². The summed E-state index contributed by atoms with van der Waals surface area (Å²) in [6.07, 6.45) is 0. The van der Waals surface area contributed by atoms with Gasteiger partial charge in [-0.1, -0.05) is 36.4 Å². The Hall–Kier alpha value is -3.27. The Morgan fingerprint density at radius 2 is 1.25 bits per heavy atom. The summed E-state index contributed by atoms with van der Waals surface area (Å²) in [5.74, 6) is 1.93. The SMILES string of the molecule is O=C(COc1ccccc1)Nc1ccc(Oc2ccccc2)cc1. The molecule has 0 fully saturated rings. The molecule has 0 aliphatic rings. The molecule has 0 saturated carbocycles. The third-order valence-corrected chi connectivity index (χ3v) is 3.23. The molecule has 0 heterocycles. The van der Waals surface area contributed by atoms with Crippen molar-refractivity contribution in [1.82, 2.24) is 0 Å². The third-order valence-electron chi connectivity index (χ3n) is 3.23. The fourth-order valence-electron chi connectivity index (χ4n) is 2.09. The maximum Gasteiger partial charge on any atom is 0.262 e. The second-order valence-electron chi connectivity index (χ2n) is 5.09. The van der Waals surface area contributed by atoms with Gasteiger partial charge in [-0.25, -0.2) is 0 Å². The van der Waals surface area contributed by atoms with Gasteiger partial charge in [-0.2, -0.15) is 0 Å². The number of anilines is 1. The molecular formula is C20H17NO3. The van der Waals surface area contributed by atoms with Crippen LogP contribution in [0.3, 0.4) is 0 Å². The van der Waals surface area contributed by atoms with Gasteiger partial charge in [0.25, 0.3) is 5.91 Å². The van der Waals surface area contributed by atoms with Gasteiger partial charge >= 0.3 is 0 Å². The van der Waals surface area contributed by atoms with E-state index in [-0.39, 0.29) is 12.5 Å². The van der Waals surface area contributed by atoms with Crippen LogP contribution in [0.15, 0.2) is 84.9 Å². The summed E-state index contributed by atoms with van der Waals surface area (Å²) in [6.45, 7) is -0.0354. The number of para-hydroxylation sites is 2. The molecule has 0 saturated heterocycles. The molecule has 0 aromatic heterocycles. The number of carbonyl (C=O) groups is 1. The number of amides is 1. The largest absolute Gasteiger partial charge is 0.484 e. The lowest BCUT2D eigenvalue weighted by atomic mass is 10.3. The fraction of sp³-hybridized carbons (Fsp3) is 0.0500. The number of benzene rings is 3. The van der Waals surface area contributed by atoms with E-state index in [1.54, 1.807) is 24.3 Å². The molecule has 3 aromatic rings. The summed E-state index contributed by atoms with van der Waals surface area (Å²) in [4.78, 5) is 11.9. The van der Waals surface area contributed by atoms with E-state index >= 15 is 0 Å². The quantitative estimate of drug-likeness (QED) is 0.728. The first-order valence-electron chi connectivity index (χ1n) is 7.60. The van der Waals surface area contributed by atoms with Crippen LogP contribution in [0, 0.1) is 0 Å². The Morgan fingerprint density at radius 3 is 1.88 bits per heavy atom. The van der Waals surface area contributed by atoms with Crippen LogP contribution in [0.5, 0.6) is 17.2 Å². The summed E-state index contributed by atoms with van der Waals surface area (Å²) in [5, 5.41) is 2.78. The number of hydrogen-bond acceptors (Lipinski definition) is 3. The first-order chi connectivity index (χ1) is 11.8. The third kappa shape index (κ3) is 4.61. The standard InChI is InChI=1S/C20H17NO3/c22-20(15-23-17-7-3-1-4-8-17)21-16-11-13-19(14-12-16)24-18-9-5-2-6-10-18/h1-14H,15H2,(H,21,22). The predicted molar refractivity (Wildman–Crippen MR) is 93.5 cm³/mol. The molecular weight excluding hydrogens is 302 g/mol. The van der Waals surface area contributed by atoms with Gasteiger partial charge in [-0.3, -0.25) is 4.79 Å². The summed E-state index contributed by atoms with van der Waals surface area (Å²) in [7, 11) is 0. The van der Waals surface area contributed by atoms with Crippen LogP contribution in [0.25, 0.3) is 0 Å². The second-order valence-corrected chi connectivity index (χ2v) is 5.09. The van der Waals surface area contributed by atoms with Crippen LogP contribution in [-0.2, 0) is 4.79 Å². The molecule has 1 amide bonds. The van der Waals surface area contributed by atoms with Gasteiger partial charge in [0.2, 0.25) is 0 Å². The molecule has 120 valence electrons. The molecule has 0 radical (unpaired) electrons. The molecule has 3 rings (SSSR count). The molecule has 0 aliphatic carbocycles. The molecule has 3 aromatic carbocycles. The van der Waals surface area contributed by atoms with Crippen LogP contribution in [-0.4, -0.2) is 12.5 Å². The molecule has 24 heavy (non-hydrogen) atoms. The minimum absolute atomic E-state index is 0.0354. The highest BCUT2D eigenvalue weighted by atomic mass is 16.5. The van der Waals surface area contributed by atoms with Crippen molar-refractivity contribution in [1.29, 1.82) is 0 Å². The maximum atomic E-state index is 11.9. The number of carbonyl (C=O) groups excluding carboxylic acids is 1. The molecule has 1 N–H and O–H groups in total. The Bertz CT molecular complexity index is 771. The number of nitrogens with one attached hydrogen (secondary N) is 1. The molecule has 4 heteroatoms. The average molecular weight is 319 g/mol. The van der Waals surface area contributed by atoms with Gasteiger partial charge in [0.15, 0.2) is 6.61 Å². The predicted octanol–water partition coefficient (Wildman–Crippen LogP) is 4.50. The van der Waals surface area contributed by atoms with E-state index in [0.717, 1.165) is 5.75 Å². The minimum atomic E-state index is -0.212. The van der Waals surface area contributed by atoms with Gasteiger partial charge in [0.05, 0.1) is 0 Å². The lowest BCUT2D eigenvalue weighted by Gasteiger charge is -2.09.